The number of nitrogen functional groups attached to an aromatic ring is 1. The van der Waals surface area contributed by atoms with Gasteiger partial charge in [0.1, 0.15) is 23.2 Å². The highest BCUT2D eigenvalue weighted by Gasteiger charge is 2.37. The number of fused-ring (bicyclic) bond motifs is 1. The number of ether oxygens (including phenoxy) is 1. The van der Waals surface area contributed by atoms with Crippen molar-refractivity contribution in [2.24, 2.45) is 17.7 Å². The Morgan fingerprint density at radius 2 is 1.90 bits per heavy atom. The van der Waals surface area contributed by atoms with E-state index in [1.165, 1.54) is 24.5 Å². The molecule has 0 bridgehead atoms. The zero-order valence-electron chi connectivity index (χ0n) is 23.3. The summed E-state index contributed by atoms with van der Waals surface area (Å²) in [6.45, 7) is 8.80. The standard InChI is InChI=1S/C28H35N6O5S/c1-16(2)10-20(14-35)33(25(36)22-15-40-28(30-22)32(13-17(3)4)19-6-7-19)26(37)24-12-18-11-21(39-5)8-9-23(18)34(24)27(38)31-29/h8-9,11-12,15-17,19-20H,6-7,10,13,29H2,1-5H3,(H,31,38)/t20-/m0/s1. The van der Waals surface area contributed by atoms with Crippen molar-refractivity contribution in [3.63, 3.8) is 0 Å². The second-order valence-corrected chi connectivity index (χ2v) is 11.6. The maximum atomic E-state index is 14.1. The highest BCUT2D eigenvalue weighted by Crippen LogP contribution is 2.35. The fraction of sp³-hybridized carbons (Fsp3) is 0.464. The molecule has 0 spiro atoms. The Morgan fingerprint density at radius 1 is 1.18 bits per heavy atom. The number of hydrogen-bond acceptors (Lipinski definition) is 9. The molecule has 213 valence electrons. The fourth-order valence-electron chi connectivity index (χ4n) is 4.69. The maximum Gasteiger partial charge on any atom is 0.340 e. The first-order chi connectivity index (χ1) is 19.1. The summed E-state index contributed by atoms with van der Waals surface area (Å²) < 4.78 is 6.36. The summed E-state index contributed by atoms with van der Waals surface area (Å²) >= 11 is 1.33. The summed E-state index contributed by atoms with van der Waals surface area (Å²) in [7, 11) is 1.50. The van der Waals surface area contributed by atoms with E-state index in [0.29, 0.717) is 33.7 Å². The van der Waals surface area contributed by atoms with Gasteiger partial charge in [0.05, 0.1) is 12.6 Å². The number of thiazole rings is 1. The minimum atomic E-state index is -1.19. The van der Waals surface area contributed by atoms with Gasteiger partial charge >= 0.3 is 6.03 Å². The molecule has 3 amide bonds. The van der Waals surface area contributed by atoms with Crippen LogP contribution < -0.4 is 20.9 Å². The van der Waals surface area contributed by atoms with Crippen molar-refractivity contribution in [1.82, 2.24) is 19.9 Å². The molecule has 1 atom stereocenters. The Morgan fingerprint density at radius 3 is 2.48 bits per heavy atom. The Bertz CT molecular complexity index is 1410. The van der Waals surface area contributed by atoms with E-state index in [4.69, 9.17) is 10.6 Å². The largest absolute Gasteiger partial charge is 0.497 e. The zero-order chi connectivity index (χ0) is 29.1. The normalized spacial score (nSPS) is 13.9. The number of carbonyl (C=O) groups excluding carboxylic acids is 4. The van der Waals surface area contributed by atoms with Crippen LogP contribution in [0.3, 0.4) is 0 Å². The van der Waals surface area contributed by atoms with Crippen LogP contribution in [0.15, 0.2) is 29.6 Å². The number of nitrogens with zero attached hydrogens (tertiary/aromatic N) is 4. The number of imide groups is 1. The van der Waals surface area contributed by atoms with E-state index < -0.39 is 23.9 Å². The molecular weight excluding hydrogens is 532 g/mol. The van der Waals surface area contributed by atoms with Crippen LogP contribution in [0, 0.1) is 11.8 Å². The number of aromatic nitrogens is 2. The topological polar surface area (TPSA) is 140 Å². The lowest BCUT2D eigenvalue weighted by Crippen LogP contribution is -2.48. The van der Waals surface area contributed by atoms with Gasteiger partial charge in [-0.25, -0.2) is 15.6 Å². The molecule has 0 saturated heterocycles. The van der Waals surface area contributed by atoms with Crippen LogP contribution in [0.25, 0.3) is 10.9 Å². The summed E-state index contributed by atoms with van der Waals surface area (Å²) in [5.74, 6) is 4.75. The first-order valence-corrected chi connectivity index (χ1v) is 14.2. The third-order valence-electron chi connectivity index (χ3n) is 6.64. The summed E-state index contributed by atoms with van der Waals surface area (Å²) in [4.78, 5) is 60.8. The van der Waals surface area contributed by atoms with Gasteiger partial charge in [-0.15, -0.1) is 11.3 Å². The van der Waals surface area contributed by atoms with Crippen molar-refractivity contribution >= 4 is 51.5 Å². The van der Waals surface area contributed by atoms with Crippen LogP contribution >= 0.6 is 11.3 Å². The van der Waals surface area contributed by atoms with Crippen LogP contribution in [0.5, 0.6) is 5.75 Å². The minimum Gasteiger partial charge on any atom is -0.497 e. The molecule has 1 aliphatic rings. The number of amides is 3. The minimum absolute atomic E-state index is 0.0283. The molecule has 4 rings (SSSR count). The fourth-order valence-corrected chi connectivity index (χ4v) is 5.57. The monoisotopic (exact) mass is 567 g/mol. The summed E-state index contributed by atoms with van der Waals surface area (Å²) in [6.07, 6.45) is 4.20. The molecule has 2 aromatic heterocycles. The third kappa shape index (κ3) is 6.02. The number of anilines is 1. The number of nitrogens with one attached hydrogen (secondary N) is 1. The van der Waals surface area contributed by atoms with E-state index >= 15 is 0 Å². The van der Waals surface area contributed by atoms with Crippen molar-refractivity contribution in [3.8, 4) is 5.75 Å². The number of hydrazine groups is 1. The number of rotatable bonds is 11. The van der Waals surface area contributed by atoms with Gasteiger partial charge in [0, 0.05) is 23.4 Å². The summed E-state index contributed by atoms with van der Waals surface area (Å²) in [6, 6.07) is 4.78. The Hall–Kier alpha value is -3.77. The smallest absolute Gasteiger partial charge is 0.340 e. The van der Waals surface area contributed by atoms with Crippen molar-refractivity contribution in [3.05, 3.63) is 41.0 Å². The van der Waals surface area contributed by atoms with Crippen molar-refractivity contribution in [1.29, 1.82) is 0 Å². The van der Waals surface area contributed by atoms with Gasteiger partial charge in [-0.05, 0) is 55.4 Å². The van der Waals surface area contributed by atoms with E-state index in [2.05, 4.69) is 23.7 Å². The summed E-state index contributed by atoms with van der Waals surface area (Å²) in [5, 5.41) is 2.82. The SMILES string of the molecule is COc1ccc2c(c1)cc(C(=O)N(C(=O)c1csc(N(CC(C)C)C3CC3)n1)[C@H]([C]=O)CC(C)C)n2C(=O)NN. The molecule has 1 radical (unpaired) electrons. The van der Waals surface area contributed by atoms with Gasteiger partial charge in [-0.3, -0.25) is 29.3 Å². The van der Waals surface area contributed by atoms with E-state index in [-0.39, 0.29) is 23.7 Å². The molecule has 40 heavy (non-hydrogen) atoms. The molecular formula is C28H35N6O5S. The predicted molar refractivity (Wildman–Crippen MR) is 153 cm³/mol. The number of benzene rings is 1. The van der Waals surface area contributed by atoms with Gasteiger partial charge in [-0.1, -0.05) is 27.7 Å². The molecule has 1 saturated carbocycles. The zero-order valence-corrected chi connectivity index (χ0v) is 24.2. The Balaban J connectivity index is 1.79. The first-order valence-electron chi connectivity index (χ1n) is 13.3. The van der Waals surface area contributed by atoms with Crippen LogP contribution in [-0.4, -0.2) is 64.3 Å². The average molecular weight is 568 g/mol. The molecule has 0 unspecified atom stereocenters. The second-order valence-electron chi connectivity index (χ2n) is 10.8. The quantitative estimate of drug-likeness (QED) is 0.154. The van der Waals surface area contributed by atoms with Gasteiger partial charge in [-0.2, -0.15) is 0 Å². The van der Waals surface area contributed by atoms with Gasteiger partial charge < -0.3 is 9.64 Å². The van der Waals surface area contributed by atoms with E-state index in [1.807, 2.05) is 25.6 Å². The highest BCUT2D eigenvalue weighted by molar-refractivity contribution is 7.14. The lowest BCUT2D eigenvalue weighted by Gasteiger charge is -2.27. The molecule has 3 N–H and O–H groups in total. The van der Waals surface area contributed by atoms with Crippen molar-refractivity contribution in [2.45, 2.75) is 59.0 Å². The van der Waals surface area contributed by atoms with Crippen molar-refractivity contribution in [2.75, 3.05) is 18.6 Å². The van der Waals surface area contributed by atoms with E-state index in [0.717, 1.165) is 28.9 Å². The first kappa shape index (κ1) is 29.2. The predicted octanol–water partition coefficient (Wildman–Crippen LogP) is 3.97. The number of methoxy groups -OCH3 is 1. The van der Waals surface area contributed by atoms with Crippen LogP contribution in [0.2, 0.25) is 0 Å². The Kier molecular flexibility index (Phi) is 8.89. The van der Waals surface area contributed by atoms with Gasteiger partial charge in [0.25, 0.3) is 11.8 Å². The number of hydrogen-bond donors (Lipinski definition) is 2. The van der Waals surface area contributed by atoms with Gasteiger partial charge in [0.15, 0.2) is 5.13 Å². The molecule has 11 nitrogen and oxygen atoms in total. The van der Waals surface area contributed by atoms with Crippen LogP contribution in [0.4, 0.5) is 9.93 Å². The Labute approximate surface area is 237 Å². The molecule has 1 aliphatic carbocycles. The lowest BCUT2D eigenvalue weighted by atomic mass is 10.0. The lowest BCUT2D eigenvalue weighted by molar-refractivity contribution is 0.0563. The molecule has 2 heterocycles. The molecule has 0 aliphatic heterocycles. The third-order valence-corrected chi connectivity index (χ3v) is 7.52. The molecule has 12 heteroatoms. The average Bonchev–Trinajstić information content (AvgIpc) is 3.52. The maximum absolute atomic E-state index is 14.1. The summed E-state index contributed by atoms with van der Waals surface area (Å²) in [5.41, 5.74) is 2.34. The molecule has 3 aromatic rings. The highest BCUT2D eigenvalue weighted by atomic mass is 32.1. The second kappa shape index (κ2) is 12.2. The molecule has 1 fully saturated rings. The van der Waals surface area contributed by atoms with E-state index in [9.17, 15) is 19.2 Å². The van der Waals surface area contributed by atoms with E-state index in [1.54, 1.807) is 23.6 Å². The van der Waals surface area contributed by atoms with Gasteiger partial charge in [0.2, 0.25) is 6.29 Å². The number of nitrogens with two attached hydrogens (primary N) is 1. The molecule has 1 aromatic carbocycles. The number of carbonyl (C=O) groups is 3. The van der Waals surface area contributed by atoms with Crippen LogP contribution in [0.1, 0.15) is 67.9 Å². The van der Waals surface area contributed by atoms with Crippen LogP contribution in [-0.2, 0) is 4.79 Å². The van der Waals surface area contributed by atoms with Crippen molar-refractivity contribution < 1.29 is 23.9 Å².